The summed E-state index contributed by atoms with van der Waals surface area (Å²) in [4.78, 5) is 12.5. The molecule has 0 spiro atoms. The van der Waals surface area contributed by atoms with Gasteiger partial charge in [-0.1, -0.05) is 36.4 Å². The second-order valence-electron chi connectivity index (χ2n) is 10.8. The fraction of sp³-hybridized carbons (Fsp3) is 0.417. The van der Waals surface area contributed by atoms with E-state index in [4.69, 9.17) is 43.3 Å². The molecule has 0 aliphatic heterocycles. The van der Waals surface area contributed by atoms with Crippen LogP contribution in [0.4, 0.5) is 0 Å². The summed E-state index contributed by atoms with van der Waals surface area (Å²) in [6, 6.07) is 21.7. The number of carbonyl (C=O) groups excluding carboxylic acids is 1. The molecule has 0 amide bonds. The maximum atomic E-state index is 12.5. The molecule has 1 heterocycles. The maximum absolute atomic E-state index is 12.5. The molecule has 2 N–H and O–H groups in total. The molecule has 248 valence electrons. The van der Waals surface area contributed by atoms with Gasteiger partial charge in [-0.25, -0.2) is 0 Å². The van der Waals surface area contributed by atoms with Crippen LogP contribution in [0.25, 0.3) is 22.1 Å². The van der Waals surface area contributed by atoms with Crippen LogP contribution in [0.3, 0.4) is 0 Å². The lowest BCUT2D eigenvalue weighted by Gasteiger charge is -2.15. The van der Waals surface area contributed by atoms with Crippen molar-refractivity contribution in [1.82, 2.24) is 0 Å². The first-order valence-corrected chi connectivity index (χ1v) is 15.5. The minimum absolute atomic E-state index is 0.0959. The molecule has 1 atom stereocenters. The van der Waals surface area contributed by atoms with Gasteiger partial charge in [0, 0.05) is 37.3 Å². The van der Waals surface area contributed by atoms with Gasteiger partial charge >= 0.3 is 5.97 Å². The highest BCUT2D eigenvalue weighted by atomic mass is 16.6. The van der Waals surface area contributed by atoms with E-state index in [1.54, 1.807) is 21.1 Å². The van der Waals surface area contributed by atoms with Crippen LogP contribution in [0, 0.1) is 0 Å². The van der Waals surface area contributed by atoms with Crippen molar-refractivity contribution in [3.05, 3.63) is 89.2 Å². The molecular formula is C36H45NO9. The van der Waals surface area contributed by atoms with Crippen LogP contribution in [-0.2, 0) is 59.4 Å². The Hall–Kier alpha value is -3.77. The Morgan fingerprint density at radius 2 is 1.57 bits per heavy atom. The van der Waals surface area contributed by atoms with Crippen molar-refractivity contribution in [3.63, 3.8) is 0 Å². The fourth-order valence-corrected chi connectivity index (χ4v) is 4.90. The molecule has 0 aliphatic rings. The van der Waals surface area contributed by atoms with E-state index in [1.165, 1.54) is 0 Å². The van der Waals surface area contributed by atoms with E-state index in [0.29, 0.717) is 70.9 Å². The number of rotatable bonds is 21. The van der Waals surface area contributed by atoms with E-state index in [1.807, 2.05) is 48.5 Å². The normalized spacial score (nSPS) is 12.0. The van der Waals surface area contributed by atoms with Crippen molar-refractivity contribution < 1.29 is 42.4 Å². The Morgan fingerprint density at radius 3 is 2.33 bits per heavy atom. The summed E-state index contributed by atoms with van der Waals surface area (Å²) >= 11 is 0. The summed E-state index contributed by atoms with van der Waals surface area (Å²) in [6.07, 6.45) is -0.234. The lowest BCUT2D eigenvalue weighted by molar-refractivity contribution is -0.149. The summed E-state index contributed by atoms with van der Waals surface area (Å²) < 4.78 is 44.8. The predicted molar refractivity (Wildman–Crippen MR) is 175 cm³/mol. The zero-order valence-electron chi connectivity index (χ0n) is 27.0. The average Bonchev–Trinajstić information content (AvgIpc) is 3.47. The summed E-state index contributed by atoms with van der Waals surface area (Å²) in [6.45, 7) is 6.17. The number of methoxy groups -OCH3 is 2. The molecule has 0 aliphatic carbocycles. The molecule has 10 nitrogen and oxygen atoms in total. The number of esters is 1. The lowest BCUT2D eigenvalue weighted by Crippen LogP contribution is -2.21. The smallest absolute Gasteiger partial charge is 0.310 e. The number of benzene rings is 3. The van der Waals surface area contributed by atoms with Crippen molar-refractivity contribution >= 4 is 16.9 Å². The molecule has 0 saturated heterocycles. The van der Waals surface area contributed by atoms with Crippen LogP contribution in [0.5, 0.6) is 5.75 Å². The molecule has 4 rings (SSSR count). The molecule has 10 heteroatoms. The minimum atomic E-state index is -0.337. The molecule has 3 aromatic carbocycles. The van der Waals surface area contributed by atoms with E-state index < -0.39 is 0 Å². The number of hydrogen-bond acceptors (Lipinski definition) is 10. The van der Waals surface area contributed by atoms with Gasteiger partial charge in [-0.2, -0.15) is 0 Å². The Bertz CT molecular complexity index is 1500. The summed E-state index contributed by atoms with van der Waals surface area (Å²) in [5, 5.41) is 0.932. The Morgan fingerprint density at radius 1 is 0.804 bits per heavy atom. The topological polar surface area (TPSA) is 121 Å². The Labute approximate surface area is 270 Å². The number of para-hydroxylation sites is 1. The van der Waals surface area contributed by atoms with Crippen molar-refractivity contribution in [2.45, 2.75) is 39.2 Å². The average molecular weight is 636 g/mol. The summed E-state index contributed by atoms with van der Waals surface area (Å²) in [5.41, 5.74) is 11.3. The molecule has 0 bridgehead atoms. The third-order valence-electron chi connectivity index (χ3n) is 7.06. The van der Waals surface area contributed by atoms with Crippen molar-refractivity contribution in [2.75, 3.05) is 60.5 Å². The van der Waals surface area contributed by atoms with Gasteiger partial charge < -0.3 is 43.3 Å². The first kappa shape index (κ1) is 35.1. The van der Waals surface area contributed by atoms with E-state index in [2.05, 4.69) is 18.2 Å². The van der Waals surface area contributed by atoms with Gasteiger partial charge in [0.05, 0.1) is 52.7 Å². The number of fused-ring (bicyclic) bond motifs is 1. The van der Waals surface area contributed by atoms with Gasteiger partial charge in [0.25, 0.3) is 0 Å². The van der Waals surface area contributed by atoms with Crippen LogP contribution < -0.4 is 10.5 Å². The second kappa shape index (κ2) is 19.0. The predicted octanol–water partition coefficient (Wildman–Crippen LogP) is 5.45. The van der Waals surface area contributed by atoms with Gasteiger partial charge in [0.1, 0.15) is 36.4 Å². The van der Waals surface area contributed by atoms with E-state index in [0.717, 1.165) is 38.8 Å². The first-order chi connectivity index (χ1) is 22.5. The largest absolute Gasteiger partial charge is 0.489 e. The van der Waals surface area contributed by atoms with E-state index in [9.17, 15) is 4.79 Å². The fourth-order valence-electron chi connectivity index (χ4n) is 4.90. The molecular weight excluding hydrogens is 590 g/mol. The molecule has 0 saturated carbocycles. The number of nitrogens with two attached hydrogens (primary N) is 1. The molecule has 0 fully saturated rings. The van der Waals surface area contributed by atoms with Gasteiger partial charge in [-0.3, -0.25) is 4.79 Å². The quantitative estimate of drug-likeness (QED) is 0.0934. The maximum Gasteiger partial charge on any atom is 0.310 e. The molecule has 1 unspecified atom stereocenters. The van der Waals surface area contributed by atoms with Gasteiger partial charge in [0.2, 0.25) is 0 Å². The first-order valence-electron chi connectivity index (χ1n) is 15.5. The zero-order valence-corrected chi connectivity index (χ0v) is 27.0. The molecule has 0 radical (unpaired) electrons. The number of carbonyl (C=O) groups is 1. The minimum Gasteiger partial charge on any atom is -0.489 e. The van der Waals surface area contributed by atoms with Crippen LogP contribution >= 0.6 is 0 Å². The monoisotopic (exact) mass is 635 g/mol. The van der Waals surface area contributed by atoms with Gasteiger partial charge in [-0.15, -0.1) is 0 Å². The van der Waals surface area contributed by atoms with Crippen LogP contribution in [0.15, 0.2) is 71.1 Å². The Kier molecular flexibility index (Phi) is 14.5. The number of furan rings is 1. The van der Waals surface area contributed by atoms with Crippen LogP contribution in [-0.4, -0.2) is 72.5 Å². The van der Waals surface area contributed by atoms with Gasteiger partial charge in [-0.05, 0) is 53.9 Å². The highest BCUT2D eigenvalue weighted by molar-refractivity contribution is 5.93. The van der Waals surface area contributed by atoms with Crippen LogP contribution in [0.2, 0.25) is 0 Å². The van der Waals surface area contributed by atoms with Crippen LogP contribution in [0.1, 0.15) is 29.4 Å². The molecule has 46 heavy (non-hydrogen) atoms. The van der Waals surface area contributed by atoms with Gasteiger partial charge in [0.15, 0.2) is 0 Å². The van der Waals surface area contributed by atoms with E-state index in [-0.39, 0.29) is 25.1 Å². The van der Waals surface area contributed by atoms with Crippen molar-refractivity contribution in [2.24, 2.45) is 5.73 Å². The summed E-state index contributed by atoms with van der Waals surface area (Å²) in [7, 11) is 3.22. The summed E-state index contributed by atoms with van der Waals surface area (Å²) in [5.74, 6) is 0.991. The highest BCUT2D eigenvalue weighted by Gasteiger charge is 2.16. The second-order valence-corrected chi connectivity index (χ2v) is 10.8. The number of ether oxygens (including phenoxy) is 7. The standard InChI is InChI=1S/C36H45NO9/c1-26(23-40-3)45-35(38)21-30-8-4-5-10-34(30)44-24-28-18-31-20-32(25-43-16-15-42-14-13-41-12-11-39-2)46-36(31)33(19-28)29-9-6-7-27(17-29)22-37/h4-10,17-20,26H,11-16,21-25,37H2,1-3H3. The van der Waals surface area contributed by atoms with Crippen molar-refractivity contribution in [3.8, 4) is 16.9 Å². The third-order valence-corrected chi connectivity index (χ3v) is 7.06. The molecule has 4 aromatic rings. The number of hydrogen-bond donors (Lipinski definition) is 1. The van der Waals surface area contributed by atoms with Crippen molar-refractivity contribution in [1.29, 1.82) is 0 Å². The third kappa shape index (κ3) is 10.9. The lowest BCUT2D eigenvalue weighted by atomic mass is 9.99. The SMILES string of the molecule is COCCOCCOCCOCc1cc2cc(COc3ccccc3CC(=O)OC(C)COC)cc(-c3cccc(CN)c3)c2o1. The van der Waals surface area contributed by atoms with E-state index >= 15 is 0 Å². The zero-order chi connectivity index (χ0) is 32.6. The molecule has 1 aromatic heterocycles. The highest BCUT2D eigenvalue weighted by Crippen LogP contribution is 2.34. The Balaban J connectivity index is 1.45.